The molecule has 0 saturated carbocycles. The van der Waals surface area contributed by atoms with Gasteiger partial charge in [0.15, 0.2) is 5.60 Å². The minimum Gasteiger partial charge on any atom is -0.478 e. The summed E-state index contributed by atoms with van der Waals surface area (Å²) in [5.41, 5.74) is -1.03. The molecular formula is C13H14ClN3O2S. The number of aryl methyl sites for hydroxylation is 1. The van der Waals surface area contributed by atoms with Gasteiger partial charge in [0.05, 0.1) is 0 Å². The second-order valence-corrected chi connectivity index (χ2v) is 6.26. The van der Waals surface area contributed by atoms with Crippen LogP contribution < -0.4 is 10.1 Å². The molecule has 0 spiro atoms. The standard InChI is InChI=1S/C13H14ClN3O2S/c1-8-16-17-12(20-8)15-11(18)13(2,3)19-10-6-4-9(14)5-7-10/h4-7H,1-3H3,(H,15,17,18). The Hall–Kier alpha value is -1.66. The van der Waals surface area contributed by atoms with Crippen molar-refractivity contribution in [3.05, 3.63) is 34.3 Å². The lowest BCUT2D eigenvalue weighted by molar-refractivity contribution is -0.128. The van der Waals surface area contributed by atoms with E-state index in [0.717, 1.165) is 5.01 Å². The second kappa shape index (κ2) is 5.76. The van der Waals surface area contributed by atoms with Crippen LogP contribution in [0.25, 0.3) is 0 Å². The van der Waals surface area contributed by atoms with Gasteiger partial charge in [-0.3, -0.25) is 10.1 Å². The predicted molar refractivity (Wildman–Crippen MR) is 79.4 cm³/mol. The Morgan fingerprint density at radius 3 is 2.50 bits per heavy atom. The van der Waals surface area contributed by atoms with Crippen molar-refractivity contribution in [1.82, 2.24) is 10.2 Å². The number of amides is 1. The molecule has 0 fully saturated rings. The van der Waals surface area contributed by atoms with Crippen molar-refractivity contribution < 1.29 is 9.53 Å². The zero-order valence-electron chi connectivity index (χ0n) is 11.3. The average Bonchev–Trinajstić information content (AvgIpc) is 2.77. The zero-order valence-corrected chi connectivity index (χ0v) is 12.9. The summed E-state index contributed by atoms with van der Waals surface area (Å²) in [4.78, 5) is 12.2. The quantitative estimate of drug-likeness (QED) is 0.941. The minimum atomic E-state index is -1.03. The van der Waals surface area contributed by atoms with Crippen LogP contribution in [0.4, 0.5) is 5.13 Å². The van der Waals surface area contributed by atoms with E-state index >= 15 is 0 Å². The number of carbonyl (C=O) groups is 1. The number of benzene rings is 1. The van der Waals surface area contributed by atoms with Gasteiger partial charge in [-0.25, -0.2) is 0 Å². The molecule has 0 bridgehead atoms. The minimum absolute atomic E-state index is 0.288. The number of rotatable bonds is 4. The van der Waals surface area contributed by atoms with E-state index in [1.807, 2.05) is 6.92 Å². The third-order valence-corrected chi connectivity index (χ3v) is 3.49. The first-order chi connectivity index (χ1) is 9.37. The molecule has 1 heterocycles. The molecule has 20 heavy (non-hydrogen) atoms. The number of halogens is 1. The number of nitrogens with one attached hydrogen (secondary N) is 1. The maximum atomic E-state index is 12.2. The van der Waals surface area contributed by atoms with E-state index in [-0.39, 0.29) is 5.91 Å². The van der Waals surface area contributed by atoms with Crippen molar-refractivity contribution in [3.8, 4) is 5.75 Å². The first-order valence-corrected chi connectivity index (χ1v) is 7.12. The first-order valence-electron chi connectivity index (χ1n) is 5.93. The lowest BCUT2D eigenvalue weighted by atomic mass is 10.1. The maximum Gasteiger partial charge on any atom is 0.269 e. The summed E-state index contributed by atoms with van der Waals surface area (Å²) in [6.45, 7) is 5.19. The van der Waals surface area contributed by atoms with Gasteiger partial charge in [-0.2, -0.15) is 0 Å². The molecule has 1 N–H and O–H groups in total. The fourth-order valence-electron chi connectivity index (χ4n) is 1.44. The maximum absolute atomic E-state index is 12.2. The topological polar surface area (TPSA) is 64.1 Å². The molecule has 0 atom stereocenters. The Labute approximate surface area is 125 Å². The van der Waals surface area contributed by atoms with Gasteiger partial charge in [-0.15, -0.1) is 10.2 Å². The molecule has 0 unspecified atom stereocenters. The molecule has 0 aliphatic carbocycles. The lowest BCUT2D eigenvalue weighted by Gasteiger charge is -2.24. The highest BCUT2D eigenvalue weighted by atomic mass is 35.5. The molecule has 1 aromatic carbocycles. The number of ether oxygens (including phenoxy) is 1. The van der Waals surface area contributed by atoms with E-state index in [4.69, 9.17) is 16.3 Å². The molecule has 1 amide bonds. The van der Waals surface area contributed by atoms with Crippen LogP contribution in [0.1, 0.15) is 18.9 Å². The number of hydrogen-bond acceptors (Lipinski definition) is 5. The van der Waals surface area contributed by atoms with E-state index in [2.05, 4.69) is 15.5 Å². The highest BCUT2D eigenvalue weighted by molar-refractivity contribution is 7.15. The van der Waals surface area contributed by atoms with Crippen LogP contribution in [0.2, 0.25) is 5.02 Å². The van der Waals surface area contributed by atoms with Crippen LogP contribution in [-0.2, 0) is 4.79 Å². The number of hydrogen-bond donors (Lipinski definition) is 1. The molecule has 0 radical (unpaired) electrons. The Balaban J connectivity index is 2.05. The van der Waals surface area contributed by atoms with Gasteiger partial charge < -0.3 is 4.74 Å². The van der Waals surface area contributed by atoms with E-state index in [1.54, 1.807) is 38.1 Å². The summed E-state index contributed by atoms with van der Waals surface area (Å²) in [5, 5.41) is 12.2. The largest absolute Gasteiger partial charge is 0.478 e. The second-order valence-electron chi connectivity index (χ2n) is 4.65. The predicted octanol–water partition coefficient (Wildman–Crippen LogP) is 3.30. The molecule has 1 aromatic heterocycles. The van der Waals surface area contributed by atoms with Gasteiger partial charge in [0.2, 0.25) is 5.13 Å². The molecule has 0 aliphatic rings. The zero-order chi connectivity index (χ0) is 14.8. The molecule has 2 aromatic rings. The molecule has 0 saturated heterocycles. The number of aromatic nitrogens is 2. The van der Waals surface area contributed by atoms with Crippen LogP contribution in [0.5, 0.6) is 5.75 Å². The summed E-state index contributed by atoms with van der Waals surface area (Å²) < 4.78 is 5.68. The number of anilines is 1. The van der Waals surface area contributed by atoms with Crippen LogP contribution in [-0.4, -0.2) is 21.7 Å². The molecule has 106 valence electrons. The van der Waals surface area contributed by atoms with Crippen LogP contribution >= 0.6 is 22.9 Å². The molecular weight excluding hydrogens is 298 g/mol. The van der Waals surface area contributed by atoms with Gasteiger partial charge in [-0.05, 0) is 45.0 Å². The van der Waals surface area contributed by atoms with E-state index in [0.29, 0.717) is 15.9 Å². The number of nitrogens with zero attached hydrogens (tertiary/aromatic N) is 2. The van der Waals surface area contributed by atoms with Gasteiger partial charge in [0.25, 0.3) is 5.91 Å². The van der Waals surface area contributed by atoms with Gasteiger partial charge in [0, 0.05) is 5.02 Å². The molecule has 0 aliphatic heterocycles. The molecule has 7 heteroatoms. The summed E-state index contributed by atoms with van der Waals surface area (Å²) in [6.07, 6.45) is 0. The Bertz CT molecular complexity index is 610. The lowest BCUT2D eigenvalue weighted by Crippen LogP contribution is -2.42. The van der Waals surface area contributed by atoms with Gasteiger partial charge in [0.1, 0.15) is 10.8 Å². The fourth-order valence-corrected chi connectivity index (χ4v) is 2.15. The van der Waals surface area contributed by atoms with Crippen LogP contribution in [0, 0.1) is 6.92 Å². The highest BCUT2D eigenvalue weighted by Crippen LogP contribution is 2.22. The van der Waals surface area contributed by atoms with Crippen molar-refractivity contribution in [3.63, 3.8) is 0 Å². The summed E-state index contributed by atoms with van der Waals surface area (Å²) in [7, 11) is 0. The average molecular weight is 312 g/mol. The van der Waals surface area contributed by atoms with Gasteiger partial charge >= 0.3 is 0 Å². The van der Waals surface area contributed by atoms with Crippen molar-refractivity contribution in [2.75, 3.05) is 5.32 Å². The number of carbonyl (C=O) groups excluding carboxylic acids is 1. The Morgan fingerprint density at radius 1 is 1.30 bits per heavy atom. The van der Waals surface area contributed by atoms with E-state index in [1.165, 1.54) is 11.3 Å². The van der Waals surface area contributed by atoms with Crippen LogP contribution in [0.15, 0.2) is 24.3 Å². The van der Waals surface area contributed by atoms with Crippen molar-refractivity contribution >= 4 is 34.0 Å². The third kappa shape index (κ3) is 3.68. The van der Waals surface area contributed by atoms with Crippen molar-refractivity contribution in [2.24, 2.45) is 0 Å². The summed E-state index contributed by atoms with van der Waals surface area (Å²) >= 11 is 7.12. The molecule has 2 rings (SSSR count). The Morgan fingerprint density at radius 2 is 1.95 bits per heavy atom. The molecule has 5 nitrogen and oxygen atoms in total. The fraction of sp³-hybridized carbons (Fsp3) is 0.308. The summed E-state index contributed by atoms with van der Waals surface area (Å²) in [6, 6.07) is 6.84. The van der Waals surface area contributed by atoms with Crippen molar-refractivity contribution in [1.29, 1.82) is 0 Å². The Kier molecular flexibility index (Phi) is 4.25. The SMILES string of the molecule is Cc1nnc(NC(=O)C(C)(C)Oc2ccc(Cl)cc2)s1. The first kappa shape index (κ1) is 14.7. The highest BCUT2D eigenvalue weighted by Gasteiger charge is 2.30. The monoisotopic (exact) mass is 311 g/mol. The van der Waals surface area contributed by atoms with E-state index < -0.39 is 5.60 Å². The van der Waals surface area contributed by atoms with Gasteiger partial charge in [-0.1, -0.05) is 22.9 Å². The normalized spacial score (nSPS) is 11.2. The third-order valence-electron chi connectivity index (χ3n) is 2.48. The van der Waals surface area contributed by atoms with E-state index in [9.17, 15) is 4.79 Å². The smallest absolute Gasteiger partial charge is 0.269 e. The van der Waals surface area contributed by atoms with Crippen molar-refractivity contribution in [2.45, 2.75) is 26.4 Å². The summed E-state index contributed by atoms with van der Waals surface area (Å²) in [5.74, 6) is 0.284. The van der Waals surface area contributed by atoms with Crippen LogP contribution in [0.3, 0.4) is 0 Å².